The van der Waals surface area contributed by atoms with Crippen molar-refractivity contribution in [3.05, 3.63) is 34.9 Å². The van der Waals surface area contributed by atoms with E-state index in [1.54, 1.807) is 0 Å². The van der Waals surface area contributed by atoms with Crippen LogP contribution in [0.1, 0.15) is 39.2 Å². The molecule has 7 heteroatoms. The molecule has 1 amide bonds. The molecule has 0 saturated carbocycles. The zero-order chi connectivity index (χ0) is 21.3. The molecular formula is C22H35ClN4O2. The van der Waals surface area contributed by atoms with Gasteiger partial charge in [-0.1, -0.05) is 29.8 Å². The van der Waals surface area contributed by atoms with Gasteiger partial charge in [0.2, 0.25) is 5.91 Å². The van der Waals surface area contributed by atoms with E-state index in [9.17, 15) is 4.79 Å². The maximum atomic E-state index is 12.5. The molecule has 1 saturated heterocycles. The lowest BCUT2D eigenvalue weighted by atomic mass is 9.74. The molecule has 0 radical (unpaired) electrons. The highest BCUT2D eigenvalue weighted by Crippen LogP contribution is 2.38. The van der Waals surface area contributed by atoms with Gasteiger partial charge in [0.05, 0.1) is 13.1 Å². The Morgan fingerprint density at radius 1 is 1.21 bits per heavy atom. The number of ether oxygens (including phenoxy) is 1. The third-order valence-electron chi connectivity index (χ3n) is 5.61. The van der Waals surface area contributed by atoms with Crippen LogP contribution < -0.4 is 5.32 Å². The summed E-state index contributed by atoms with van der Waals surface area (Å²) in [6, 6.07) is 8.03. The lowest BCUT2D eigenvalue weighted by Crippen LogP contribution is -2.46. The molecule has 29 heavy (non-hydrogen) atoms. The zero-order valence-corrected chi connectivity index (χ0v) is 19.0. The van der Waals surface area contributed by atoms with Crippen LogP contribution in [0.3, 0.4) is 0 Å². The quantitative estimate of drug-likeness (QED) is 0.516. The Kier molecular flexibility index (Phi) is 9.24. The van der Waals surface area contributed by atoms with E-state index in [2.05, 4.69) is 11.4 Å². The van der Waals surface area contributed by atoms with Crippen LogP contribution in [0.5, 0.6) is 0 Å². The Balaban J connectivity index is 2.23. The number of likely N-dealkylation sites (N-methyl/N-ethyl adjacent to an activating group) is 2. The normalized spacial score (nSPS) is 16.4. The number of hydrogen-bond acceptors (Lipinski definition) is 3. The van der Waals surface area contributed by atoms with Crippen LogP contribution in [0.25, 0.3) is 0 Å². The van der Waals surface area contributed by atoms with Gasteiger partial charge in [-0.25, -0.2) is 0 Å². The van der Waals surface area contributed by atoms with Crippen molar-refractivity contribution in [1.29, 1.82) is 0 Å². The first-order valence-electron chi connectivity index (χ1n) is 10.6. The van der Waals surface area contributed by atoms with Crippen molar-refractivity contribution in [3.63, 3.8) is 0 Å². The summed E-state index contributed by atoms with van der Waals surface area (Å²) in [5, 5.41) is 4.10. The third kappa shape index (κ3) is 6.09. The molecule has 1 N–H and O–H groups in total. The molecular weight excluding hydrogens is 388 g/mol. The van der Waals surface area contributed by atoms with E-state index >= 15 is 0 Å². The summed E-state index contributed by atoms with van der Waals surface area (Å²) in [5.41, 5.74) is 0.979. The van der Waals surface area contributed by atoms with Crippen molar-refractivity contribution in [3.8, 4) is 0 Å². The molecule has 0 bridgehead atoms. The molecule has 1 aliphatic heterocycles. The van der Waals surface area contributed by atoms with Gasteiger partial charge in [0.1, 0.15) is 0 Å². The largest absolute Gasteiger partial charge is 0.381 e. The fourth-order valence-corrected chi connectivity index (χ4v) is 4.15. The van der Waals surface area contributed by atoms with E-state index < -0.39 is 0 Å². The number of nitrogens with one attached hydrogen (secondary N) is 1. The van der Waals surface area contributed by atoms with Crippen LogP contribution >= 0.6 is 11.6 Å². The van der Waals surface area contributed by atoms with Crippen molar-refractivity contribution < 1.29 is 9.53 Å². The highest BCUT2D eigenvalue weighted by atomic mass is 35.5. The average molecular weight is 423 g/mol. The predicted molar refractivity (Wildman–Crippen MR) is 120 cm³/mol. The second kappa shape index (κ2) is 11.4. The molecule has 162 valence electrons. The first kappa shape index (κ1) is 23.5. The number of amides is 1. The molecule has 0 aliphatic carbocycles. The number of halogens is 1. The van der Waals surface area contributed by atoms with Gasteiger partial charge in [-0.15, -0.1) is 0 Å². The number of carbonyl (C=O) groups excluding carboxylic acids is 1. The SMILES string of the molecule is CCNC(=NCC1(c2ccccc2Cl)CCOCC1)N(C)CC(=O)N(CC)CC. The summed E-state index contributed by atoms with van der Waals surface area (Å²) < 4.78 is 5.62. The van der Waals surface area contributed by atoms with Crippen LogP contribution in [0.4, 0.5) is 0 Å². The summed E-state index contributed by atoms with van der Waals surface area (Å²) in [6.07, 6.45) is 1.75. The van der Waals surface area contributed by atoms with Crippen LogP contribution in [-0.2, 0) is 14.9 Å². The van der Waals surface area contributed by atoms with E-state index in [0.29, 0.717) is 39.4 Å². The average Bonchev–Trinajstić information content (AvgIpc) is 2.73. The number of guanidine groups is 1. The zero-order valence-electron chi connectivity index (χ0n) is 18.2. The lowest BCUT2D eigenvalue weighted by molar-refractivity contribution is -0.131. The minimum atomic E-state index is -0.152. The first-order valence-corrected chi connectivity index (χ1v) is 10.9. The first-order chi connectivity index (χ1) is 14.0. The van der Waals surface area contributed by atoms with Gasteiger partial charge in [-0.2, -0.15) is 0 Å². The van der Waals surface area contributed by atoms with Gasteiger partial charge in [0.25, 0.3) is 0 Å². The Labute approximate surface area is 180 Å². The highest BCUT2D eigenvalue weighted by Gasteiger charge is 2.36. The minimum absolute atomic E-state index is 0.106. The van der Waals surface area contributed by atoms with Crippen molar-refractivity contribution in [2.24, 2.45) is 4.99 Å². The summed E-state index contributed by atoms with van der Waals surface area (Å²) in [6.45, 7) is 10.5. The predicted octanol–water partition coefficient (Wildman–Crippen LogP) is 3.15. The van der Waals surface area contributed by atoms with E-state index in [1.807, 2.05) is 55.8 Å². The van der Waals surface area contributed by atoms with E-state index in [0.717, 1.165) is 35.9 Å². The standard InChI is InChI=1S/C22H35ClN4O2/c1-5-24-21(26(4)16-20(28)27(6-2)7-3)25-17-22(12-14-29-15-13-22)18-10-8-9-11-19(18)23/h8-11H,5-7,12-17H2,1-4H3,(H,24,25). The number of hydrogen-bond donors (Lipinski definition) is 1. The van der Waals surface area contributed by atoms with Crippen LogP contribution in [-0.4, -0.2) is 74.7 Å². The van der Waals surface area contributed by atoms with Gasteiger partial charge in [-0.3, -0.25) is 9.79 Å². The van der Waals surface area contributed by atoms with Gasteiger partial charge in [0, 0.05) is 50.3 Å². The lowest BCUT2D eigenvalue weighted by Gasteiger charge is -2.37. The van der Waals surface area contributed by atoms with Crippen LogP contribution in [0, 0.1) is 0 Å². The summed E-state index contributed by atoms with van der Waals surface area (Å²) >= 11 is 6.56. The molecule has 1 fully saturated rings. The van der Waals surface area contributed by atoms with Gasteiger partial charge in [-0.05, 0) is 45.2 Å². The molecule has 1 aromatic rings. The van der Waals surface area contributed by atoms with E-state index in [-0.39, 0.29) is 11.3 Å². The molecule has 1 heterocycles. The van der Waals surface area contributed by atoms with Gasteiger partial charge in [0.15, 0.2) is 5.96 Å². The second-order valence-corrected chi connectivity index (χ2v) is 7.87. The Morgan fingerprint density at radius 2 is 1.86 bits per heavy atom. The van der Waals surface area contributed by atoms with Gasteiger partial charge >= 0.3 is 0 Å². The summed E-state index contributed by atoms with van der Waals surface area (Å²) in [5.74, 6) is 0.848. The number of benzene rings is 1. The number of aliphatic imine (C=N–C) groups is 1. The molecule has 0 atom stereocenters. The molecule has 2 rings (SSSR count). The molecule has 0 unspecified atom stereocenters. The Hall–Kier alpha value is -1.79. The number of nitrogens with zero attached hydrogens (tertiary/aromatic N) is 3. The van der Waals surface area contributed by atoms with Crippen molar-refractivity contribution >= 4 is 23.5 Å². The maximum Gasteiger partial charge on any atom is 0.242 e. The Morgan fingerprint density at radius 3 is 2.45 bits per heavy atom. The fraction of sp³-hybridized carbons (Fsp3) is 0.636. The fourth-order valence-electron chi connectivity index (χ4n) is 3.82. The van der Waals surface area contributed by atoms with E-state index in [1.165, 1.54) is 0 Å². The maximum absolute atomic E-state index is 12.5. The van der Waals surface area contributed by atoms with Crippen molar-refractivity contribution in [2.75, 3.05) is 53.0 Å². The molecule has 0 aromatic heterocycles. The molecule has 6 nitrogen and oxygen atoms in total. The number of rotatable bonds is 8. The molecule has 1 aliphatic rings. The molecule has 0 spiro atoms. The van der Waals surface area contributed by atoms with Crippen LogP contribution in [0.15, 0.2) is 29.3 Å². The summed E-state index contributed by atoms with van der Waals surface area (Å²) in [4.78, 5) is 21.2. The third-order valence-corrected chi connectivity index (χ3v) is 5.94. The minimum Gasteiger partial charge on any atom is -0.381 e. The van der Waals surface area contributed by atoms with E-state index in [4.69, 9.17) is 21.3 Å². The van der Waals surface area contributed by atoms with Crippen molar-refractivity contribution in [2.45, 2.75) is 39.0 Å². The Bertz CT molecular complexity index is 685. The smallest absolute Gasteiger partial charge is 0.242 e. The highest BCUT2D eigenvalue weighted by molar-refractivity contribution is 6.31. The molecule has 1 aromatic carbocycles. The van der Waals surface area contributed by atoms with Gasteiger partial charge < -0.3 is 19.9 Å². The monoisotopic (exact) mass is 422 g/mol. The van der Waals surface area contributed by atoms with Crippen LogP contribution in [0.2, 0.25) is 5.02 Å². The topological polar surface area (TPSA) is 57.2 Å². The second-order valence-electron chi connectivity index (χ2n) is 7.46. The van der Waals surface area contributed by atoms with Crippen molar-refractivity contribution in [1.82, 2.24) is 15.1 Å². The summed E-state index contributed by atoms with van der Waals surface area (Å²) in [7, 11) is 1.91. The number of carbonyl (C=O) groups is 1.